The molecule has 0 heterocycles. The van der Waals surface area contributed by atoms with Crippen LogP contribution in [-0.2, 0) is 9.59 Å². The van der Waals surface area contributed by atoms with E-state index in [1.807, 2.05) is 57.2 Å². The minimum absolute atomic E-state index is 0.111. The smallest absolute Gasteiger partial charge is 0.266 e. The van der Waals surface area contributed by atoms with Crippen molar-refractivity contribution in [3.8, 4) is 17.6 Å². The summed E-state index contributed by atoms with van der Waals surface area (Å²) in [6.07, 6.45) is 1.41. The van der Waals surface area contributed by atoms with Gasteiger partial charge in [0.15, 0.2) is 18.1 Å². The summed E-state index contributed by atoms with van der Waals surface area (Å²) < 4.78 is 11.0. The van der Waals surface area contributed by atoms with Crippen LogP contribution in [0.25, 0.3) is 6.08 Å². The molecule has 0 unspecified atom stereocenters. The number of para-hydroxylation sites is 1. The number of nitrogens with one attached hydrogen (secondary N) is 2. The number of methoxy groups -OCH3 is 1. The zero-order valence-corrected chi connectivity index (χ0v) is 21.2. The Morgan fingerprint density at radius 3 is 2.39 bits per heavy atom. The Morgan fingerprint density at radius 2 is 1.69 bits per heavy atom. The largest absolute Gasteiger partial charge is 0.493 e. The van der Waals surface area contributed by atoms with Gasteiger partial charge in [-0.15, -0.1) is 0 Å². The Bertz CT molecular complexity index is 1380. The lowest BCUT2D eigenvalue weighted by molar-refractivity contribution is -0.118. The van der Waals surface area contributed by atoms with Crippen LogP contribution in [0.5, 0.6) is 11.5 Å². The van der Waals surface area contributed by atoms with Crippen LogP contribution in [0.1, 0.15) is 22.3 Å². The van der Waals surface area contributed by atoms with E-state index in [1.165, 1.54) is 19.3 Å². The molecule has 3 aromatic carbocycles. The molecular formula is C28H26ClN3O4. The minimum Gasteiger partial charge on any atom is -0.493 e. The highest BCUT2D eigenvalue weighted by Crippen LogP contribution is 2.37. The fourth-order valence-electron chi connectivity index (χ4n) is 3.39. The number of hydrogen-bond donors (Lipinski definition) is 2. The van der Waals surface area contributed by atoms with Crippen molar-refractivity contribution in [3.63, 3.8) is 0 Å². The van der Waals surface area contributed by atoms with E-state index in [1.54, 1.807) is 18.2 Å². The van der Waals surface area contributed by atoms with E-state index in [9.17, 15) is 14.9 Å². The second-order valence-electron chi connectivity index (χ2n) is 8.06. The monoisotopic (exact) mass is 503 g/mol. The Kier molecular flexibility index (Phi) is 8.71. The Hall–Kier alpha value is -4.28. The van der Waals surface area contributed by atoms with Crippen molar-refractivity contribution in [2.75, 3.05) is 24.4 Å². The summed E-state index contributed by atoms with van der Waals surface area (Å²) >= 11 is 6.41. The van der Waals surface area contributed by atoms with Gasteiger partial charge in [-0.1, -0.05) is 41.9 Å². The molecule has 0 spiro atoms. The summed E-state index contributed by atoms with van der Waals surface area (Å²) in [6.45, 7) is 5.43. The Balaban J connectivity index is 1.76. The van der Waals surface area contributed by atoms with Gasteiger partial charge in [-0.05, 0) is 73.4 Å². The van der Waals surface area contributed by atoms with Gasteiger partial charge in [0, 0.05) is 11.4 Å². The number of anilines is 2. The van der Waals surface area contributed by atoms with Crippen molar-refractivity contribution in [2.45, 2.75) is 20.8 Å². The van der Waals surface area contributed by atoms with E-state index < -0.39 is 5.91 Å². The number of carbonyl (C=O) groups excluding carboxylic acids is 2. The van der Waals surface area contributed by atoms with Gasteiger partial charge in [-0.3, -0.25) is 9.59 Å². The lowest BCUT2D eigenvalue weighted by atomic mass is 10.1. The molecule has 2 N–H and O–H groups in total. The molecule has 0 bridgehead atoms. The van der Waals surface area contributed by atoms with Crippen molar-refractivity contribution in [2.24, 2.45) is 0 Å². The van der Waals surface area contributed by atoms with E-state index in [0.717, 1.165) is 16.7 Å². The molecule has 0 aliphatic carbocycles. The summed E-state index contributed by atoms with van der Waals surface area (Å²) in [5.74, 6) is -0.477. The molecule has 2 amide bonds. The number of ether oxygens (including phenoxy) is 2. The maximum Gasteiger partial charge on any atom is 0.266 e. The quantitative estimate of drug-likeness (QED) is 0.297. The molecule has 36 heavy (non-hydrogen) atoms. The van der Waals surface area contributed by atoms with Gasteiger partial charge in [0.05, 0.1) is 12.1 Å². The van der Waals surface area contributed by atoms with Crippen LogP contribution in [0.3, 0.4) is 0 Å². The van der Waals surface area contributed by atoms with Crippen molar-refractivity contribution in [3.05, 3.63) is 87.4 Å². The van der Waals surface area contributed by atoms with Crippen molar-refractivity contribution >= 4 is 40.9 Å². The number of aryl methyl sites for hydroxylation is 2. The third-order valence-electron chi connectivity index (χ3n) is 5.55. The summed E-state index contributed by atoms with van der Waals surface area (Å²) in [5.41, 5.74) is 4.53. The number of rotatable bonds is 8. The number of nitriles is 1. The third-order valence-corrected chi connectivity index (χ3v) is 5.83. The maximum absolute atomic E-state index is 12.7. The first-order chi connectivity index (χ1) is 17.2. The Labute approximate surface area is 215 Å². The highest BCUT2D eigenvalue weighted by Gasteiger charge is 2.16. The molecule has 0 aliphatic heterocycles. The first-order valence-electron chi connectivity index (χ1n) is 11.1. The topological polar surface area (TPSA) is 100 Å². The molecule has 8 heteroatoms. The fourth-order valence-corrected chi connectivity index (χ4v) is 3.67. The zero-order valence-electron chi connectivity index (χ0n) is 20.4. The normalized spacial score (nSPS) is 10.8. The van der Waals surface area contributed by atoms with Gasteiger partial charge in [0.2, 0.25) is 0 Å². The summed E-state index contributed by atoms with van der Waals surface area (Å²) in [4.78, 5) is 25.1. The van der Waals surface area contributed by atoms with Crippen LogP contribution in [0, 0.1) is 32.1 Å². The van der Waals surface area contributed by atoms with Crippen LogP contribution in [0.4, 0.5) is 11.4 Å². The lowest BCUT2D eigenvalue weighted by Gasteiger charge is -2.14. The highest BCUT2D eigenvalue weighted by atomic mass is 35.5. The van der Waals surface area contributed by atoms with E-state index in [2.05, 4.69) is 10.6 Å². The average molecular weight is 504 g/mol. The van der Waals surface area contributed by atoms with Gasteiger partial charge in [-0.2, -0.15) is 5.26 Å². The van der Waals surface area contributed by atoms with Gasteiger partial charge >= 0.3 is 0 Å². The molecule has 0 atom stereocenters. The summed E-state index contributed by atoms with van der Waals surface area (Å²) in [7, 11) is 1.43. The van der Waals surface area contributed by atoms with Crippen molar-refractivity contribution in [1.82, 2.24) is 0 Å². The van der Waals surface area contributed by atoms with Crippen LogP contribution in [0.15, 0.2) is 60.2 Å². The van der Waals surface area contributed by atoms with Crippen LogP contribution < -0.4 is 20.1 Å². The van der Waals surface area contributed by atoms with Crippen LogP contribution >= 0.6 is 11.6 Å². The molecule has 0 fully saturated rings. The molecule has 0 aromatic heterocycles. The second-order valence-corrected chi connectivity index (χ2v) is 8.46. The third kappa shape index (κ3) is 6.44. The number of benzene rings is 3. The summed E-state index contributed by atoms with van der Waals surface area (Å²) in [6, 6.07) is 18.0. The van der Waals surface area contributed by atoms with E-state index in [4.69, 9.17) is 21.1 Å². The predicted molar refractivity (Wildman–Crippen MR) is 141 cm³/mol. The molecular weight excluding hydrogens is 478 g/mol. The molecule has 0 saturated carbocycles. The number of carbonyl (C=O) groups is 2. The second kappa shape index (κ2) is 11.9. The van der Waals surface area contributed by atoms with Gasteiger partial charge < -0.3 is 20.1 Å². The summed E-state index contributed by atoms with van der Waals surface area (Å²) in [5, 5.41) is 15.3. The first kappa shape index (κ1) is 26.3. The lowest BCUT2D eigenvalue weighted by Crippen LogP contribution is -2.21. The number of halogens is 1. The van der Waals surface area contributed by atoms with Crippen molar-refractivity contribution < 1.29 is 19.1 Å². The van der Waals surface area contributed by atoms with E-state index >= 15 is 0 Å². The molecule has 3 aromatic rings. The molecule has 184 valence electrons. The Morgan fingerprint density at radius 1 is 1.00 bits per heavy atom. The number of hydrogen-bond acceptors (Lipinski definition) is 5. The average Bonchev–Trinajstić information content (AvgIpc) is 2.85. The van der Waals surface area contributed by atoms with E-state index in [0.29, 0.717) is 16.9 Å². The van der Waals surface area contributed by atoms with Crippen LogP contribution in [-0.4, -0.2) is 25.5 Å². The number of nitrogens with zero attached hydrogens (tertiary/aromatic N) is 1. The first-order valence-corrected chi connectivity index (χ1v) is 11.5. The van der Waals surface area contributed by atoms with Gasteiger partial charge in [-0.25, -0.2) is 0 Å². The number of amides is 2. The fraction of sp³-hybridized carbons (Fsp3) is 0.179. The SMILES string of the molecule is COc1cc(/C=C(/C#N)C(=O)Nc2cccc(C)c2C)cc(Cl)c1OCC(=O)Nc1ccccc1C. The minimum atomic E-state index is -0.547. The van der Waals surface area contributed by atoms with Gasteiger partial charge in [0.1, 0.15) is 11.6 Å². The molecule has 0 radical (unpaired) electrons. The standard InChI is InChI=1S/C28H26ClN3O4/c1-17-9-7-11-24(19(17)3)32-28(34)21(15-30)12-20-13-22(29)27(25(14-20)35-4)36-16-26(33)31-23-10-6-5-8-18(23)2/h5-14H,16H2,1-4H3,(H,31,33)(H,32,34)/b21-12-. The zero-order chi connectivity index (χ0) is 26.2. The maximum atomic E-state index is 12.7. The highest BCUT2D eigenvalue weighted by molar-refractivity contribution is 6.32. The van der Waals surface area contributed by atoms with Crippen LogP contribution in [0.2, 0.25) is 5.02 Å². The molecule has 3 rings (SSSR count). The van der Waals surface area contributed by atoms with Crippen molar-refractivity contribution in [1.29, 1.82) is 5.26 Å². The predicted octanol–water partition coefficient (Wildman–Crippen LogP) is 5.84. The molecule has 7 nitrogen and oxygen atoms in total. The molecule has 0 saturated heterocycles. The molecule has 0 aliphatic rings. The van der Waals surface area contributed by atoms with Gasteiger partial charge in [0.25, 0.3) is 11.8 Å². The van der Waals surface area contributed by atoms with E-state index in [-0.39, 0.29) is 34.6 Å².